The van der Waals surface area contributed by atoms with Crippen molar-refractivity contribution >= 4 is 29.3 Å². The summed E-state index contributed by atoms with van der Waals surface area (Å²) in [5, 5.41) is 4.90. The summed E-state index contributed by atoms with van der Waals surface area (Å²) in [4.78, 5) is 24.3. The normalized spacial score (nSPS) is 10.0. The van der Waals surface area contributed by atoms with Gasteiger partial charge in [0.15, 0.2) is 0 Å². The van der Waals surface area contributed by atoms with E-state index in [9.17, 15) is 14.0 Å². The zero-order chi connectivity index (χ0) is 15.8. The maximum absolute atomic E-state index is 13.4. The van der Waals surface area contributed by atoms with Gasteiger partial charge in [-0.3, -0.25) is 9.59 Å². The Bertz CT molecular complexity index is 650. The van der Waals surface area contributed by atoms with Gasteiger partial charge in [0.1, 0.15) is 5.82 Å². The molecule has 0 aliphatic rings. The number of hydrogen-bond donors (Lipinski definition) is 2. The maximum atomic E-state index is 13.4. The summed E-state index contributed by atoms with van der Waals surface area (Å²) in [6, 6.07) is 15.4. The zero-order valence-electron chi connectivity index (χ0n) is 11.7. The molecule has 114 valence electrons. The van der Waals surface area contributed by atoms with E-state index in [4.69, 9.17) is 0 Å². The third-order valence-corrected chi connectivity index (χ3v) is 3.72. The fourth-order valence-corrected chi connectivity index (χ4v) is 2.40. The van der Waals surface area contributed by atoms with Crippen molar-refractivity contribution in [3.63, 3.8) is 0 Å². The predicted molar refractivity (Wildman–Crippen MR) is 85.2 cm³/mol. The number of benzene rings is 2. The lowest BCUT2D eigenvalue weighted by molar-refractivity contribution is -0.122. The quantitative estimate of drug-likeness (QED) is 0.805. The summed E-state index contributed by atoms with van der Waals surface area (Å²) < 4.78 is 13.4. The highest BCUT2D eigenvalue weighted by Gasteiger charge is 2.08. The molecule has 2 rings (SSSR count). The summed E-state index contributed by atoms with van der Waals surface area (Å²) in [6.45, 7) is -0.192. The van der Waals surface area contributed by atoms with Crippen LogP contribution in [-0.4, -0.2) is 24.1 Å². The molecule has 0 saturated carbocycles. The predicted octanol–water partition coefficient (Wildman–Crippen LogP) is 2.67. The van der Waals surface area contributed by atoms with Crippen molar-refractivity contribution in [3.05, 3.63) is 60.4 Å². The van der Waals surface area contributed by atoms with E-state index >= 15 is 0 Å². The Labute approximate surface area is 132 Å². The molecular formula is C16H15FN2O2S. The van der Waals surface area contributed by atoms with Crippen LogP contribution in [0.1, 0.15) is 0 Å². The summed E-state index contributed by atoms with van der Waals surface area (Å²) in [5.41, 5.74) is 0.0976. The molecule has 2 aromatic carbocycles. The summed E-state index contributed by atoms with van der Waals surface area (Å²) in [6.07, 6.45) is 0. The van der Waals surface area contributed by atoms with Gasteiger partial charge in [0.25, 0.3) is 0 Å². The van der Waals surface area contributed by atoms with Crippen molar-refractivity contribution < 1.29 is 14.0 Å². The molecule has 0 aliphatic carbocycles. The van der Waals surface area contributed by atoms with Crippen LogP contribution in [0.25, 0.3) is 0 Å². The first-order valence-corrected chi connectivity index (χ1v) is 7.62. The number of thioether (sulfide) groups is 1. The first kappa shape index (κ1) is 16.0. The molecule has 0 unspecified atom stereocenters. The first-order chi connectivity index (χ1) is 10.6. The topological polar surface area (TPSA) is 58.2 Å². The molecule has 6 heteroatoms. The Kier molecular flexibility index (Phi) is 5.97. The van der Waals surface area contributed by atoms with Crippen LogP contribution in [0.15, 0.2) is 59.5 Å². The van der Waals surface area contributed by atoms with Crippen molar-refractivity contribution in [3.8, 4) is 0 Å². The molecule has 22 heavy (non-hydrogen) atoms. The highest BCUT2D eigenvalue weighted by atomic mass is 32.2. The van der Waals surface area contributed by atoms with Crippen molar-refractivity contribution in [2.45, 2.75) is 4.90 Å². The minimum atomic E-state index is -0.512. The van der Waals surface area contributed by atoms with E-state index in [1.807, 2.05) is 30.3 Å². The second kappa shape index (κ2) is 8.19. The molecule has 2 aromatic rings. The van der Waals surface area contributed by atoms with Crippen LogP contribution in [0.3, 0.4) is 0 Å². The van der Waals surface area contributed by atoms with Crippen molar-refractivity contribution in [2.24, 2.45) is 0 Å². The number of hydrogen-bond acceptors (Lipinski definition) is 3. The fourth-order valence-electron chi connectivity index (χ4n) is 1.65. The lowest BCUT2D eigenvalue weighted by Gasteiger charge is -2.07. The summed E-state index contributed by atoms with van der Waals surface area (Å²) in [7, 11) is 0. The minimum absolute atomic E-state index is 0.0976. The van der Waals surface area contributed by atoms with Gasteiger partial charge in [0.05, 0.1) is 18.0 Å². The average Bonchev–Trinajstić information content (AvgIpc) is 2.54. The summed E-state index contributed by atoms with van der Waals surface area (Å²) in [5.74, 6) is -1.01. The Morgan fingerprint density at radius 1 is 0.955 bits per heavy atom. The molecule has 2 N–H and O–H groups in total. The summed E-state index contributed by atoms with van der Waals surface area (Å²) >= 11 is 1.38. The molecule has 0 saturated heterocycles. The van der Waals surface area contributed by atoms with E-state index in [1.54, 1.807) is 6.07 Å². The number of rotatable bonds is 6. The van der Waals surface area contributed by atoms with Crippen LogP contribution in [0.4, 0.5) is 10.1 Å². The average molecular weight is 318 g/mol. The molecule has 4 nitrogen and oxygen atoms in total. The van der Waals surface area contributed by atoms with Gasteiger partial charge in [-0.05, 0) is 24.3 Å². The highest BCUT2D eigenvalue weighted by Crippen LogP contribution is 2.16. The van der Waals surface area contributed by atoms with Gasteiger partial charge in [-0.25, -0.2) is 4.39 Å². The van der Waals surface area contributed by atoms with E-state index in [0.717, 1.165) is 4.90 Å². The monoisotopic (exact) mass is 318 g/mol. The molecule has 0 radical (unpaired) electrons. The number of amides is 2. The van der Waals surface area contributed by atoms with Crippen molar-refractivity contribution in [2.75, 3.05) is 17.6 Å². The van der Waals surface area contributed by atoms with E-state index in [0.29, 0.717) is 0 Å². The zero-order valence-corrected chi connectivity index (χ0v) is 12.5. The Morgan fingerprint density at radius 3 is 2.36 bits per heavy atom. The molecular weight excluding hydrogens is 303 g/mol. The van der Waals surface area contributed by atoms with Gasteiger partial charge in [-0.1, -0.05) is 30.3 Å². The van der Waals surface area contributed by atoms with Gasteiger partial charge in [-0.15, -0.1) is 11.8 Å². The maximum Gasteiger partial charge on any atom is 0.243 e. The van der Waals surface area contributed by atoms with Crippen LogP contribution in [0, 0.1) is 5.82 Å². The molecule has 0 aliphatic heterocycles. The third-order valence-electron chi connectivity index (χ3n) is 2.71. The van der Waals surface area contributed by atoms with Crippen LogP contribution < -0.4 is 10.6 Å². The largest absolute Gasteiger partial charge is 0.346 e. The molecule has 0 heterocycles. The number of halogens is 1. The second-order valence-electron chi connectivity index (χ2n) is 4.41. The van der Waals surface area contributed by atoms with E-state index < -0.39 is 11.7 Å². The number of carbonyl (C=O) groups excluding carboxylic acids is 2. The van der Waals surface area contributed by atoms with Gasteiger partial charge in [0.2, 0.25) is 11.8 Å². The second-order valence-corrected chi connectivity index (χ2v) is 5.46. The molecule has 0 spiro atoms. The molecule has 0 aromatic heterocycles. The third kappa shape index (κ3) is 5.21. The minimum Gasteiger partial charge on any atom is -0.346 e. The fraction of sp³-hybridized carbons (Fsp3) is 0.125. The number of anilines is 1. The Morgan fingerprint density at radius 2 is 1.64 bits per heavy atom. The Hall–Kier alpha value is -2.34. The van der Waals surface area contributed by atoms with Gasteiger partial charge < -0.3 is 10.6 Å². The van der Waals surface area contributed by atoms with Gasteiger partial charge >= 0.3 is 0 Å². The van der Waals surface area contributed by atoms with E-state index in [1.165, 1.54) is 30.0 Å². The van der Waals surface area contributed by atoms with Crippen molar-refractivity contribution in [1.82, 2.24) is 5.32 Å². The highest BCUT2D eigenvalue weighted by molar-refractivity contribution is 8.00. The Balaban J connectivity index is 1.72. The van der Waals surface area contributed by atoms with Crippen LogP contribution in [0.2, 0.25) is 0 Å². The van der Waals surface area contributed by atoms with E-state index in [2.05, 4.69) is 10.6 Å². The van der Waals surface area contributed by atoms with Gasteiger partial charge in [-0.2, -0.15) is 0 Å². The lowest BCUT2D eigenvalue weighted by Crippen LogP contribution is -2.34. The number of para-hydroxylation sites is 1. The molecule has 0 atom stereocenters. The smallest absolute Gasteiger partial charge is 0.243 e. The SMILES string of the molecule is O=C(CSc1ccccc1)NCC(=O)Nc1ccccc1F. The lowest BCUT2D eigenvalue weighted by atomic mass is 10.3. The standard InChI is InChI=1S/C16H15FN2O2S/c17-13-8-4-5-9-14(13)19-15(20)10-18-16(21)11-22-12-6-2-1-3-7-12/h1-9H,10-11H2,(H,18,21)(H,19,20). The first-order valence-electron chi connectivity index (χ1n) is 6.64. The van der Waals surface area contributed by atoms with Gasteiger partial charge in [0, 0.05) is 4.90 Å². The van der Waals surface area contributed by atoms with Crippen LogP contribution in [-0.2, 0) is 9.59 Å². The van der Waals surface area contributed by atoms with Crippen LogP contribution in [0.5, 0.6) is 0 Å². The van der Waals surface area contributed by atoms with E-state index in [-0.39, 0.29) is 23.9 Å². The molecule has 0 bridgehead atoms. The molecule has 2 amide bonds. The number of carbonyl (C=O) groups is 2. The molecule has 0 fully saturated rings. The van der Waals surface area contributed by atoms with Crippen molar-refractivity contribution in [1.29, 1.82) is 0 Å². The number of nitrogens with one attached hydrogen (secondary N) is 2. The van der Waals surface area contributed by atoms with Crippen LogP contribution >= 0.6 is 11.8 Å².